The fraction of sp³-hybridized carbons (Fsp3) is 0.500. The second kappa shape index (κ2) is 2.21. The molecule has 2 atom stereocenters. The topological polar surface area (TPSA) is 0 Å². The van der Waals surface area contributed by atoms with Gasteiger partial charge in [0.25, 0.3) is 0 Å². The van der Waals surface area contributed by atoms with Crippen LogP contribution in [0.2, 0.25) is 0 Å². The number of hydrogen-bond donors (Lipinski definition) is 0. The lowest BCUT2D eigenvalue weighted by molar-refractivity contribution is 0.385. The minimum absolute atomic E-state index is 0.0208. The maximum absolute atomic E-state index is 11.9. The van der Waals surface area contributed by atoms with E-state index in [0.29, 0.717) is 0 Å². The Morgan fingerprint density at radius 1 is 1.00 bits per heavy atom. The molecule has 0 aliphatic carbocycles. The van der Waals surface area contributed by atoms with Gasteiger partial charge in [0.2, 0.25) is 11.0 Å². The summed E-state index contributed by atoms with van der Waals surface area (Å²) >= 11 is -0.0208. The van der Waals surface area contributed by atoms with Gasteiger partial charge in [-0.15, -0.1) is 0 Å². The van der Waals surface area contributed by atoms with Crippen molar-refractivity contribution in [2.75, 3.05) is 0 Å². The van der Waals surface area contributed by atoms with E-state index in [4.69, 9.17) is 0 Å². The summed E-state index contributed by atoms with van der Waals surface area (Å²) in [5.74, 6) is -3.24. The van der Waals surface area contributed by atoms with Crippen LogP contribution in [0.15, 0.2) is 11.7 Å². The van der Waals surface area contributed by atoms with Gasteiger partial charge in [-0.05, 0) is 0 Å². The molecule has 0 aromatic rings. The molecule has 0 fully saturated rings. The van der Waals surface area contributed by atoms with Gasteiger partial charge >= 0.3 is 0 Å². The van der Waals surface area contributed by atoms with Crippen LogP contribution in [0.5, 0.6) is 0 Å². The van der Waals surface area contributed by atoms with Crippen molar-refractivity contribution in [2.24, 2.45) is 0 Å². The van der Waals surface area contributed by atoms with E-state index >= 15 is 0 Å². The summed E-state index contributed by atoms with van der Waals surface area (Å²) in [7, 11) is 0. The molecule has 0 aromatic heterocycles. The molecule has 0 spiro atoms. The van der Waals surface area contributed by atoms with E-state index < -0.39 is 22.7 Å². The van der Waals surface area contributed by atoms with E-state index in [1.54, 1.807) is 0 Å². The van der Waals surface area contributed by atoms with E-state index in [0.717, 1.165) is 0 Å². The summed E-state index contributed by atoms with van der Waals surface area (Å²) in [5.41, 5.74) is -4.31. The van der Waals surface area contributed by atoms with Crippen LogP contribution in [0.25, 0.3) is 0 Å². The van der Waals surface area contributed by atoms with E-state index in [1.807, 2.05) is 0 Å². The second-order valence-corrected chi connectivity index (χ2v) is 2.56. The molecular weight excluding hydrogens is 156 g/mol. The molecule has 0 amide bonds. The molecule has 9 heavy (non-hydrogen) atoms. The Kier molecular flexibility index (Phi) is 1.70. The van der Waals surface area contributed by atoms with Gasteiger partial charge in [-0.2, -0.15) is 0 Å². The number of rotatable bonds is 0. The third-order valence-corrected chi connectivity index (χ3v) is 1.76. The lowest BCUT2D eigenvalue weighted by Crippen LogP contribution is -1.87. The highest BCUT2D eigenvalue weighted by molar-refractivity contribution is 8.00. The van der Waals surface area contributed by atoms with Gasteiger partial charge in [0, 0.05) is 0 Å². The molecule has 0 saturated carbocycles. The Morgan fingerprint density at radius 2 is 1.33 bits per heavy atom. The average molecular weight is 158 g/mol. The van der Waals surface area contributed by atoms with Gasteiger partial charge in [0.05, 0.1) is 0 Å². The Morgan fingerprint density at radius 3 is 1.44 bits per heavy atom. The molecule has 1 aliphatic rings. The Labute approximate surface area is 52.9 Å². The summed E-state index contributed by atoms with van der Waals surface area (Å²) in [6.07, 6.45) is 0. The number of thioether (sulfide) groups is 1. The SMILES string of the molecule is FC1=C(F)C(F)SC1F. The van der Waals surface area contributed by atoms with Gasteiger partial charge < -0.3 is 0 Å². The highest BCUT2D eigenvalue weighted by Crippen LogP contribution is 2.41. The van der Waals surface area contributed by atoms with Crippen LogP contribution < -0.4 is 0 Å². The van der Waals surface area contributed by atoms with E-state index in [9.17, 15) is 17.6 Å². The molecule has 1 aliphatic heterocycles. The highest BCUT2D eigenvalue weighted by Gasteiger charge is 2.35. The Hall–Kier alpha value is -0.190. The van der Waals surface area contributed by atoms with Gasteiger partial charge in [-0.25, -0.2) is 17.6 Å². The van der Waals surface area contributed by atoms with Crippen molar-refractivity contribution in [3.8, 4) is 0 Å². The summed E-state index contributed by atoms with van der Waals surface area (Å²) in [6.45, 7) is 0. The molecular formula is C4H2F4S. The van der Waals surface area contributed by atoms with Crippen molar-refractivity contribution in [1.29, 1.82) is 0 Å². The molecule has 1 heterocycles. The third kappa shape index (κ3) is 1.05. The van der Waals surface area contributed by atoms with Gasteiger partial charge in [-0.1, -0.05) is 11.8 Å². The smallest absolute Gasteiger partial charge is 0.203 e. The number of hydrogen-bond acceptors (Lipinski definition) is 1. The fourth-order valence-corrected chi connectivity index (χ4v) is 1.12. The van der Waals surface area contributed by atoms with E-state index in [2.05, 4.69) is 0 Å². The normalized spacial score (nSPS) is 36.0. The van der Waals surface area contributed by atoms with Crippen LogP contribution in [0.3, 0.4) is 0 Å². The van der Waals surface area contributed by atoms with E-state index in [-0.39, 0.29) is 11.8 Å². The van der Waals surface area contributed by atoms with Crippen molar-refractivity contribution in [1.82, 2.24) is 0 Å². The maximum atomic E-state index is 11.9. The first-order chi connectivity index (χ1) is 4.13. The summed E-state index contributed by atoms with van der Waals surface area (Å²) < 4.78 is 47.4. The first kappa shape index (κ1) is 6.92. The molecule has 2 unspecified atom stereocenters. The zero-order chi connectivity index (χ0) is 7.02. The predicted molar refractivity (Wildman–Crippen MR) is 26.6 cm³/mol. The Balaban J connectivity index is 2.79. The quantitative estimate of drug-likeness (QED) is 0.488. The molecule has 0 saturated heterocycles. The minimum Gasteiger partial charge on any atom is -0.227 e. The van der Waals surface area contributed by atoms with Crippen LogP contribution in [0.4, 0.5) is 17.6 Å². The fourth-order valence-electron chi connectivity index (χ4n) is 0.441. The van der Waals surface area contributed by atoms with E-state index in [1.165, 1.54) is 0 Å². The number of alkyl halides is 2. The van der Waals surface area contributed by atoms with Crippen molar-refractivity contribution in [3.05, 3.63) is 11.7 Å². The van der Waals surface area contributed by atoms with Gasteiger partial charge in [0.15, 0.2) is 11.7 Å². The zero-order valence-electron chi connectivity index (χ0n) is 4.07. The molecule has 52 valence electrons. The van der Waals surface area contributed by atoms with Crippen LogP contribution in [0, 0.1) is 0 Å². The molecule has 0 N–H and O–H groups in total. The van der Waals surface area contributed by atoms with Crippen molar-refractivity contribution < 1.29 is 17.6 Å². The monoisotopic (exact) mass is 158 g/mol. The zero-order valence-corrected chi connectivity index (χ0v) is 4.89. The summed E-state index contributed by atoms with van der Waals surface area (Å²) in [6, 6.07) is 0. The van der Waals surface area contributed by atoms with Crippen LogP contribution in [-0.4, -0.2) is 11.0 Å². The first-order valence-corrected chi connectivity index (χ1v) is 3.06. The number of halogens is 4. The maximum Gasteiger partial charge on any atom is 0.203 e. The van der Waals surface area contributed by atoms with Gasteiger partial charge in [0.1, 0.15) is 0 Å². The molecule has 5 heteroatoms. The lowest BCUT2D eigenvalue weighted by atomic mass is 10.5. The van der Waals surface area contributed by atoms with Crippen molar-refractivity contribution >= 4 is 11.8 Å². The van der Waals surface area contributed by atoms with Crippen LogP contribution in [-0.2, 0) is 0 Å². The summed E-state index contributed by atoms with van der Waals surface area (Å²) in [4.78, 5) is 0. The van der Waals surface area contributed by atoms with Gasteiger partial charge in [-0.3, -0.25) is 0 Å². The lowest BCUT2D eigenvalue weighted by Gasteiger charge is -1.92. The standard InChI is InChI=1S/C4H2F4S/c5-1-2(6)4(8)9-3(1)7/h3-4H. The first-order valence-electron chi connectivity index (χ1n) is 2.11. The molecule has 0 radical (unpaired) electrons. The largest absolute Gasteiger partial charge is 0.227 e. The molecule has 1 rings (SSSR count). The highest BCUT2D eigenvalue weighted by atomic mass is 32.2. The predicted octanol–water partition coefficient (Wildman–Crippen LogP) is 2.48. The molecule has 0 bridgehead atoms. The average Bonchev–Trinajstić information content (AvgIpc) is 1.98. The Bertz CT molecular complexity index is 139. The minimum atomic E-state index is -2.15. The second-order valence-electron chi connectivity index (χ2n) is 1.46. The summed E-state index contributed by atoms with van der Waals surface area (Å²) in [5, 5.41) is 0. The van der Waals surface area contributed by atoms with Crippen LogP contribution >= 0.6 is 11.8 Å². The third-order valence-electron chi connectivity index (χ3n) is 0.866. The molecule has 0 nitrogen and oxygen atoms in total. The van der Waals surface area contributed by atoms with Crippen molar-refractivity contribution in [3.63, 3.8) is 0 Å². The van der Waals surface area contributed by atoms with Crippen molar-refractivity contribution in [2.45, 2.75) is 11.0 Å². The van der Waals surface area contributed by atoms with Crippen LogP contribution in [0.1, 0.15) is 0 Å². The molecule has 0 aromatic carbocycles.